The van der Waals surface area contributed by atoms with E-state index in [4.69, 9.17) is 28.5 Å². The highest BCUT2D eigenvalue weighted by Gasteiger charge is 2.76. The molecule has 2 aromatic carbocycles. The smallest absolute Gasteiger partial charge is 0.241 e. The van der Waals surface area contributed by atoms with Gasteiger partial charge in [0, 0.05) is 16.0 Å². The number of carbonyl (C=O) groups is 2. The zero-order chi connectivity index (χ0) is 17.9. The lowest BCUT2D eigenvalue weighted by Crippen LogP contribution is -2.36. The maximum Gasteiger partial charge on any atom is 0.241 e. The van der Waals surface area contributed by atoms with Gasteiger partial charge in [-0.15, -0.1) is 0 Å². The fraction of sp³-hybridized carbons (Fsp3) is 0.211. The Labute approximate surface area is 154 Å². The minimum Gasteiger partial charge on any atom is -0.274 e. The van der Waals surface area contributed by atoms with Crippen LogP contribution in [0.2, 0.25) is 10.0 Å². The topological polar surface area (TPSA) is 61.2 Å². The van der Waals surface area contributed by atoms with E-state index in [-0.39, 0.29) is 17.7 Å². The van der Waals surface area contributed by atoms with E-state index in [2.05, 4.69) is 6.07 Å². The molecule has 1 saturated heterocycles. The summed E-state index contributed by atoms with van der Waals surface area (Å²) in [5.74, 6) is -1.03. The van der Waals surface area contributed by atoms with E-state index in [1.807, 2.05) is 19.1 Å². The van der Waals surface area contributed by atoms with Gasteiger partial charge in [0.2, 0.25) is 11.8 Å². The largest absolute Gasteiger partial charge is 0.274 e. The average Bonchev–Trinajstić information content (AvgIpc) is 3.15. The molecule has 4 nitrogen and oxygen atoms in total. The van der Waals surface area contributed by atoms with E-state index >= 15 is 0 Å². The number of halogens is 2. The molecule has 1 aliphatic carbocycles. The molecule has 1 aliphatic heterocycles. The van der Waals surface area contributed by atoms with Crippen molar-refractivity contribution in [3.05, 3.63) is 63.6 Å². The maximum atomic E-state index is 13.0. The van der Waals surface area contributed by atoms with Crippen molar-refractivity contribution in [3.8, 4) is 6.07 Å². The lowest BCUT2D eigenvalue weighted by Gasteiger charge is -2.21. The molecule has 1 saturated carbocycles. The van der Waals surface area contributed by atoms with Crippen LogP contribution >= 0.6 is 23.2 Å². The van der Waals surface area contributed by atoms with Gasteiger partial charge in [-0.05, 0) is 42.8 Å². The molecule has 25 heavy (non-hydrogen) atoms. The van der Waals surface area contributed by atoms with Crippen LogP contribution in [0.25, 0.3) is 0 Å². The van der Waals surface area contributed by atoms with Crippen LogP contribution < -0.4 is 4.90 Å². The third-order valence-electron chi connectivity index (χ3n) is 5.17. The van der Waals surface area contributed by atoms with Crippen molar-refractivity contribution in [1.82, 2.24) is 0 Å². The van der Waals surface area contributed by atoms with E-state index in [1.54, 1.807) is 30.3 Å². The van der Waals surface area contributed by atoms with Crippen molar-refractivity contribution in [2.75, 3.05) is 4.90 Å². The van der Waals surface area contributed by atoms with Crippen molar-refractivity contribution in [1.29, 1.82) is 5.26 Å². The van der Waals surface area contributed by atoms with Crippen LogP contribution in [0.4, 0.5) is 5.69 Å². The van der Waals surface area contributed by atoms with Crippen molar-refractivity contribution in [2.24, 2.45) is 11.3 Å². The van der Waals surface area contributed by atoms with Gasteiger partial charge in [-0.1, -0.05) is 35.3 Å². The van der Waals surface area contributed by atoms with Gasteiger partial charge in [-0.2, -0.15) is 5.26 Å². The highest BCUT2D eigenvalue weighted by molar-refractivity contribution is 6.36. The standard InChI is InChI=1S/C19H12Cl2N2O2/c1-19-15(11-4-2-10(9-22)3-5-11)16(19)17(24)23(18(19)25)14-7-12(20)6-13(21)8-14/h2-8,15-16H,1H3/t15?,16?,19-/m1/s1. The second-order valence-electron chi connectivity index (χ2n) is 6.58. The second kappa shape index (κ2) is 5.32. The summed E-state index contributed by atoms with van der Waals surface area (Å²) >= 11 is 12.0. The molecule has 2 aliphatic rings. The van der Waals surface area contributed by atoms with Crippen LogP contribution in [-0.2, 0) is 9.59 Å². The first-order chi connectivity index (χ1) is 11.9. The molecule has 6 heteroatoms. The second-order valence-corrected chi connectivity index (χ2v) is 7.45. The van der Waals surface area contributed by atoms with E-state index in [0.717, 1.165) is 5.56 Å². The molecule has 0 bridgehead atoms. The fourth-order valence-electron chi connectivity index (χ4n) is 3.87. The molecule has 0 N–H and O–H groups in total. The first-order valence-corrected chi connectivity index (χ1v) is 8.48. The summed E-state index contributed by atoms with van der Waals surface area (Å²) in [5, 5.41) is 9.64. The Kier molecular flexibility index (Phi) is 3.44. The number of fused-ring (bicyclic) bond motifs is 1. The quantitative estimate of drug-likeness (QED) is 0.745. The first-order valence-electron chi connectivity index (χ1n) is 7.72. The Hall–Kier alpha value is -2.35. The van der Waals surface area contributed by atoms with Gasteiger partial charge in [0.05, 0.1) is 28.7 Å². The Balaban J connectivity index is 1.68. The number of anilines is 1. The van der Waals surface area contributed by atoms with Gasteiger partial charge in [0.15, 0.2) is 0 Å². The van der Waals surface area contributed by atoms with Crippen LogP contribution in [0.3, 0.4) is 0 Å². The monoisotopic (exact) mass is 370 g/mol. The predicted molar refractivity (Wildman–Crippen MR) is 94.5 cm³/mol. The number of nitrogens with zero attached hydrogens (tertiary/aromatic N) is 2. The SMILES string of the molecule is C[C@]12C(=O)N(c3cc(Cl)cc(Cl)c3)C(=O)C1C2c1ccc(C#N)cc1. The van der Waals surface area contributed by atoms with Gasteiger partial charge in [-0.25, -0.2) is 4.90 Å². The van der Waals surface area contributed by atoms with Crippen LogP contribution in [-0.4, -0.2) is 11.8 Å². The zero-order valence-electron chi connectivity index (χ0n) is 13.2. The molecule has 2 unspecified atom stereocenters. The highest BCUT2D eigenvalue weighted by atomic mass is 35.5. The molecule has 2 fully saturated rings. The molecule has 1 heterocycles. The van der Waals surface area contributed by atoms with E-state index < -0.39 is 11.3 Å². The number of amides is 2. The van der Waals surface area contributed by atoms with Gasteiger partial charge >= 0.3 is 0 Å². The number of piperidine rings is 1. The van der Waals surface area contributed by atoms with Crippen LogP contribution in [0.1, 0.15) is 24.0 Å². The molecule has 2 amide bonds. The molecule has 3 atom stereocenters. The van der Waals surface area contributed by atoms with E-state index in [9.17, 15) is 9.59 Å². The maximum absolute atomic E-state index is 13.0. The van der Waals surface area contributed by atoms with Crippen molar-refractivity contribution in [2.45, 2.75) is 12.8 Å². The molecule has 0 spiro atoms. The van der Waals surface area contributed by atoms with Gasteiger partial charge in [0.25, 0.3) is 0 Å². The summed E-state index contributed by atoms with van der Waals surface area (Å²) < 4.78 is 0. The number of rotatable bonds is 2. The third-order valence-corrected chi connectivity index (χ3v) is 5.61. The molecule has 4 rings (SSSR count). The molecular formula is C19H12Cl2N2O2. The highest BCUT2D eigenvalue weighted by Crippen LogP contribution is 2.69. The summed E-state index contributed by atoms with van der Waals surface area (Å²) in [6.07, 6.45) is 0. The number of hydrogen-bond acceptors (Lipinski definition) is 3. The molecular weight excluding hydrogens is 359 g/mol. The fourth-order valence-corrected chi connectivity index (χ4v) is 4.39. The summed E-state index contributed by atoms with van der Waals surface area (Å²) in [4.78, 5) is 27.0. The number of hydrogen-bond donors (Lipinski definition) is 0. The number of benzene rings is 2. The van der Waals surface area contributed by atoms with Gasteiger partial charge in [-0.3, -0.25) is 9.59 Å². The summed E-state index contributed by atoms with van der Waals surface area (Å²) in [6.45, 7) is 1.81. The number of carbonyl (C=O) groups excluding carboxylic acids is 2. The molecule has 124 valence electrons. The molecule has 0 aromatic heterocycles. The number of imide groups is 1. The lowest BCUT2D eigenvalue weighted by atomic mass is 9.99. The van der Waals surface area contributed by atoms with Gasteiger partial charge in [0.1, 0.15) is 0 Å². The Morgan fingerprint density at radius 1 is 1.04 bits per heavy atom. The van der Waals surface area contributed by atoms with Crippen LogP contribution in [0.15, 0.2) is 42.5 Å². The molecule has 2 aromatic rings. The normalized spacial score (nSPS) is 27.2. The molecule has 0 radical (unpaired) electrons. The third kappa shape index (κ3) is 2.20. The van der Waals surface area contributed by atoms with Crippen LogP contribution in [0.5, 0.6) is 0 Å². The Morgan fingerprint density at radius 2 is 1.64 bits per heavy atom. The minimum atomic E-state index is -0.764. The summed E-state index contributed by atoms with van der Waals surface area (Å²) in [7, 11) is 0. The zero-order valence-corrected chi connectivity index (χ0v) is 14.7. The average molecular weight is 371 g/mol. The first kappa shape index (κ1) is 16.1. The van der Waals surface area contributed by atoms with Crippen molar-refractivity contribution in [3.63, 3.8) is 0 Å². The summed E-state index contributed by atoms with van der Waals surface area (Å²) in [5.41, 5.74) is 1.09. The van der Waals surface area contributed by atoms with E-state index in [1.165, 1.54) is 4.90 Å². The van der Waals surface area contributed by atoms with Crippen LogP contribution in [0, 0.1) is 22.7 Å². The lowest BCUT2D eigenvalue weighted by molar-refractivity contribution is -0.125. The van der Waals surface area contributed by atoms with Gasteiger partial charge < -0.3 is 0 Å². The van der Waals surface area contributed by atoms with E-state index in [0.29, 0.717) is 21.3 Å². The predicted octanol–water partition coefficient (Wildman–Crippen LogP) is 4.16. The minimum absolute atomic E-state index is 0.161. The summed E-state index contributed by atoms with van der Waals surface area (Å²) in [6, 6.07) is 13.8. The Morgan fingerprint density at radius 3 is 2.12 bits per heavy atom. The van der Waals surface area contributed by atoms with Crippen molar-refractivity contribution < 1.29 is 9.59 Å². The number of nitriles is 1. The Bertz CT molecular complexity index is 944. The van der Waals surface area contributed by atoms with Crippen molar-refractivity contribution >= 4 is 40.7 Å².